The number of benzene rings is 3. The molecule has 0 aliphatic heterocycles. The Labute approximate surface area is 273 Å². The van der Waals surface area contributed by atoms with Gasteiger partial charge < -0.3 is 10.2 Å². The van der Waals surface area contributed by atoms with Crippen molar-refractivity contribution in [3.8, 4) is 0 Å². The van der Waals surface area contributed by atoms with E-state index in [1.54, 1.807) is 36.4 Å². The molecular formula is C31H33Cl4N3O4S. The van der Waals surface area contributed by atoms with Crippen molar-refractivity contribution in [3.63, 3.8) is 0 Å². The van der Waals surface area contributed by atoms with Gasteiger partial charge in [-0.15, -0.1) is 0 Å². The number of carbonyl (C=O) groups excluding carboxylic acids is 2. The third kappa shape index (κ3) is 8.37. The molecule has 1 unspecified atom stereocenters. The van der Waals surface area contributed by atoms with E-state index in [-0.39, 0.29) is 34.1 Å². The summed E-state index contributed by atoms with van der Waals surface area (Å²) in [5.74, 6) is -0.906. The van der Waals surface area contributed by atoms with Crippen LogP contribution < -0.4 is 9.62 Å². The van der Waals surface area contributed by atoms with Gasteiger partial charge in [-0.3, -0.25) is 13.9 Å². The van der Waals surface area contributed by atoms with Gasteiger partial charge in [0.15, 0.2) is 0 Å². The maximum atomic E-state index is 14.3. The van der Waals surface area contributed by atoms with E-state index in [2.05, 4.69) is 5.32 Å². The molecule has 12 heteroatoms. The molecule has 1 saturated carbocycles. The van der Waals surface area contributed by atoms with Crippen LogP contribution in [0.5, 0.6) is 0 Å². The van der Waals surface area contributed by atoms with Crippen LogP contribution in [0.15, 0.2) is 71.6 Å². The molecule has 0 saturated heterocycles. The van der Waals surface area contributed by atoms with Crippen molar-refractivity contribution in [2.45, 2.75) is 69.0 Å². The summed E-state index contributed by atoms with van der Waals surface area (Å²) in [7, 11) is -4.27. The number of hydrogen-bond donors (Lipinski definition) is 1. The highest BCUT2D eigenvalue weighted by atomic mass is 35.5. The minimum Gasteiger partial charge on any atom is -0.352 e. The fourth-order valence-corrected chi connectivity index (χ4v) is 7.70. The first kappa shape index (κ1) is 33.4. The van der Waals surface area contributed by atoms with Crippen LogP contribution in [0.2, 0.25) is 20.1 Å². The molecule has 2 amide bonds. The molecule has 1 fully saturated rings. The SMILES string of the molecule is CCC(C(=O)NC1CCCCC1)N(Cc1ccc(Cl)cc1Cl)C(=O)CN(c1ccc(Cl)cc1Cl)S(=O)(=O)c1ccccc1. The lowest BCUT2D eigenvalue weighted by atomic mass is 9.95. The summed E-state index contributed by atoms with van der Waals surface area (Å²) >= 11 is 25.2. The number of anilines is 1. The zero-order chi connectivity index (χ0) is 31.1. The quantitative estimate of drug-likeness (QED) is 0.224. The molecule has 43 heavy (non-hydrogen) atoms. The highest BCUT2D eigenvalue weighted by Crippen LogP contribution is 2.33. The van der Waals surface area contributed by atoms with Gasteiger partial charge in [0, 0.05) is 27.7 Å². The monoisotopic (exact) mass is 683 g/mol. The molecule has 0 spiro atoms. The van der Waals surface area contributed by atoms with Gasteiger partial charge in [-0.05, 0) is 67.3 Å². The van der Waals surface area contributed by atoms with Crippen molar-refractivity contribution in [3.05, 3.63) is 92.4 Å². The molecule has 0 bridgehead atoms. The molecule has 1 aliphatic rings. The first-order valence-electron chi connectivity index (χ1n) is 14.1. The van der Waals surface area contributed by atoms with Crippen LogP contribution in [0.4, 0.5) is 5.69 Å². The Morgan fingerprint density at radius 2 is 1.51 bits per heavy atom. The van der Waals surface area contributed by atoms with Crippen molar-refractivity contribution in [1.29, 1.82) is 0 Å². The molecule has 0 heterocycles. The van der Waals surface area contributed by atoms with Gasteiger partial charge in [-0.1, -0.05) is 96.9 Å². The standard InChI is InChI=1S/C31H33Cl4N3O4S/c1-2-28(31(40)36-24-9-5-3-6-10-24)37(19-21-13-14-22(32)17-26(21)34)30(39)20-38(29-16-15-23(33)18-27(29)35)43(41,42)25-11-7-4-8-12-25/h4,7-8,11-18,24,28H,2-3,5-6,9-10,19-20H2,1H3,(H,36,40). The molecule has 1 N–H and O–H groups in total. The zero-order valence-electron chi connectivity index (χ0n) is 23.6. The predicted molar refractivity (Wildman–Crippen MR) is 174 cm³/mol. The molecule has 0 aromatic heterocycles. The Bertz CT molecular complexity index is 1550. The number of halogens is 4. The summed E-state index contributed by atoms with van der Waals surface area (Å²) in [5, 5.41) is 4.22. The number of sulfonamides is 1. The summed E-state index contributed by atoms with van der Waals surface area (Å²) in [5.41, 5.74) is 0.637. The summed E-state index contributed by atoms with van der Waals surface area (Å²) in [6.45, 7) is 1.14. The van der Waals surface area contributed by atoms with Gasteiger partial charge in [0.2, 0.25) is 11.8 Å². The maximum Gasteiger partial charge on any atom is 0.264 e. The number of rotatable bonds is 11. The third-order valence-corrected chi connectivity index (χ3v) is 10.4. The van der Waals surface area contributed by atoms with E-state index < -0.39 is 28.5 Å². The van der Waals surface area contributed by atoms with E-state index in [9.17, 15) is 18.0 Å². The van der Waals surface area contributed by atoms with E-state index in [0.29, 0.717) is 27.1 Å². The first-order valence-corrected chi connectivity index (χ1v) is 17.0. The Hall–Kier alpha value is -2.49. The molecule has 3 aromatic rings. The maximum absolute atomic E-state index is 14.3. The number of carbonyl (C=O) groups is 2. The summed E-state index contributed by atoms with van der Waals surface area (Å²) in [6, 6.07) is 16.1. The minimum atomic E-state index is -4.27. The first-order chi connectivity index (χ1) is 20.5. The topological polar surface area (TPSA) is 86.8 Å². The van der Waals surface area contributed by atoms with Crippen molar-refractivity contribution in [2.24, 2.45) is 0 Å². The van der Waals surface area contributed by atoms with E-state index in [1.807, 2.05) is 6.92 Å². The Balaban J connectivity index is 1.74. The van der Waals surface area contributed by atoms with Crippen LogP contribution in [0.1, 0.15) is 51.0 Å². The second kappa shape index (κ2) is 15.0. The van der Waals surface area contributed by atoms with E-state index in [0.717, 1.165) is 36.4 Å². The van der Waals surface area contributed by atoms with Gasteiger partial charge in [0.05, 0.1) is 15.6 Å². The van der Waals surface area contributed by atoms with E-state index in [1.165, 1.54) is 35.2 Å². The molecule has 1 aliphatic carbocycles. The fraction of sp³-hybridized carbons (Fsp3) is 0.355. The molecule has 0 radical (unpaired) electrons. The van der Waals surface area contributed by atoms with Crippen LogP contribution in [0.25, 0.3) is 0 Å². The van der Waals surface area contributed by atoms with Gasteiger partial charge >= 0.3 is 0 Å². The number of amides is 2. The number of hydrogen-bond acceptors (Lipinski definition) is 4. The molecule has 230 valence electrons. The number of nitrogens with zero attached hydrogens (tertiary/aromatic N) is 2. The second-order valence-electron chi connectivity index (χ2n) is 10.4. The van der Waals surface area contributed by atoms with Crippen LogP contribution >= 0.6 is 46.4 Å². The van der Waals surface area contributed by atoms with Gasteiger partial charge in [-0.2, -0.15) is 0 Å². The fourth-order valence-electron chi connectivity index (χ4n) is 5.21. The zero-order valence-corrected chi connectivity index (χ0v) is 27.5. The van der Waals surface area contributed by atoms with Crippen LogP contribution in [-0.2, 0) is 26.2 Å². The Kier molecular flexibility index (Phi) is 11.6. The summed E-state index contributed by atoms with van der Waals surface area (Å²) in [4.78, 5) is 29.3. The molecule has 4 rings (SSSR count). The van der Waals surface area contributed by atoms with E-state index in [4.69, 9.17) is 46.4 Å². The lowest BCUT2D eigenvalue weighted by molar-refractivity contribution is -0.140. The normalized spacial score (nSPS) is 14.6. The molecule has 3 aromatic carbocycles. The average molecular weight is 686 g/mol. The van der Waals surface area contributed by atoms with Crippen LogP contribution in [0.3, 0.4) is 0 Å². The smallest absolute Gasteiger partial charge is 0.264 e. The summed E-state index contributed by atoms with van der Waals surface area (Å²) in [6.07, 6.45) is 5.22. The van der Waals surface area contributed by atoms with E-state index >= 15 is 0 Å². The Morgan fingerprint density at radius 1 is 0.884 bits per heavy atom. The summed E-state index contributed by atoms with van der Waals surface area (Å²) < 4.78 is 28.9. The highest BCUT2D eigenvalue weighted by Gasteiger charge is 2.35. The van der Waals surface area contributed by atoms with Crippen molar-refractivity contribution >= 4 is 73.9 Å². The second-order valence-corrected chi connectivity index (χ2v) is 14.0. The predicted octanol–water partition coefficient (Wildman–Crippen LogP) is 7.75. The molecule has 1 atom stereocenters. The lowest BCUT2D eigenvalue weighted by Crippen LogP contribution is -2.54. The van der Waals surface area contributed by atoms with Crippen molar-refractivity contribution < 1.29 is 18.0 Å². The van der Waals surface area contributed by atoms with Crippen molar-refractivity contribution in [2.75, 3.05) is 10.8 Å². The lowest BCUT2D eigenvalue weighted by Gasteiger charge is -2.34. The Morgan fingerprint density at radius 3 is 2.12 bits per heavy atom. The van der Waals surface area contributed by atoms with Gasteiger partial charge in [0.1, 0.15) is 12.6 Å². The largest absolute Gasteiger partial charge is 0.352 e. The average Bonchev–Trinajstić information content (AvgIpc) is 2.98. The molecular weight excluding hydrogens is 652 g/mol. The third-order valence-electron chi connectivity index (χ3n) is 7.48. The van der Waals surface area contributed by atoms with Gasteiger partial charge in [-0.25, -0.2) is 8.42 Å². The molecule has 7 nitrogen and oxygen atoms in total. The van der Waals surface area contributed by atoms with Crippen LogP contribution in [0, 0.1) is 0 Å². The number of nitrogens with one attached hydrogen (secondary N) is 1. The van der Waals surface area contributed by atoms with Crippen molar-refractivity contribution in [1.82, 2.24) is 10.2 Å². The minimum absolute atomic E-state index is 0.0224. The van der Waals surface area contributed by atoms with Crippen LogP contribution in [-0.4, -0.2) is 43.8 Å². The highest BCUT2D eigenvalue weighted by molar-refractivity contribution is 7.92. The van der Waals surface area contributed by atoms with Gasteiger partial charge in [0.25, 0.3) is 10.0 Å².